The average Bonchev–Trinajstić information content (AvgIpc) is 3.07. The van der Waals surface area contributed by atoms with E-state index in [1.54, 1.807) is 0 Å². The molecular weight excluding hydrogens is 517 g/mol. The highest BCUT2D eigenvalue weighted by Crippen LogP contribution is 2.35. The predicted octanol–water partition coefficient (Wildman–Crippen LogP) is 2.68. The normalized spacial score (nSPS) is 14.1. The van der Waals surface area contributed by atoms with Gasteiger partial charge in [0.1, 0.15) is 18.1 Å². The Hall–Kier alpha value is -3.93. The van der Waals surface area contributed by atoms with Crippen LogP contribution in [0.15, 0.2) is 46.6 Å². The van der Waals surface area contributed by atoms with Gasteiger partial charge in [0.2, 0.25) is 5.91 Å². The number of urea groups is 1. The second-order valence-electron chi connectivity index (χ2n) is 6.80. The molecule has 1 heterocycles. The van der Waals surface area contributed by atoms with Crippen molar-refractivity contribution >= 4 is 51.5 Å². The van der Waals surface area contributed by atoms with Crippen molar-refractivity contribution in [1.29, 1.82) is 0 Å². The van der Waals surface area contributed by atoms with Crippen molar-refractivity contribution in [2.45, 2.75) is 0 Å². The van der Waals surface area contributed by atoms with Gasteiger partial charge in [0.05, 0.1) is 19.9 Å². The second kappa shape index (κ2) is 10.8. The summed E-state index contributed by atoms with van der Waals surface area (Å²) in [4.78, 5) is 49.3. The van der Waals surface area contributed by atoms with Crippen LogP contribution in [0.2, 0.25) is 0 Å². The number of para-hydroxylation sites is 1. The lowest BCUT2D eigenvalue weighted by Crippen LogP contribution is -2.38. The number of carbonyl (C=O) groups excluding carboxylic acids is 4. The van der Waals surface area contributed by atoms with E-state index in [-0.39, 0.29) is 29.5 Å². The largest absolute Gasteiger partial charge is 0.493 e. The molecule has 3 rings (SSSR count). The number of ether oxygens (including phenoxy) is 3. The van der Waals surface area contributed by atoms with Gasteiger partial charge < -0.3 is 24.8 Å². The van der Waals surface area contributed by atoms with Crippen LogP contribution in [0.1, 0.15) is 5.56 Å². The average molecular weight is 536 g/mol. The van der Waals surface area contributed by atoms with Gasteiger partial charge in [0, 0.05) is 4.47 Å². The van der Waals surface area contributed by atoms with Crippen LogP contribution in [-0.2, 0) is 19.1 Å². The molecule has 4 amide bonds. The van der Waals surface area contributed by atoms with Gasteiger partial charge in [-0.15, -0.1) is 0 Å². The Balaban J connectivity index is 1.75. The van der Waals surface area contributed by atoms with Crippen LogP contribution in [-0.4, -0.2) is 56.1 Å². The molecule has 1 saturated heterocycles. The molecule has 0 bridgehead atoms. The van der Waals surface area contributed by atoms with E-state index in [0.29, 0.717) is 14.9 Å². The maximum Gasteiger partial charge on any atom is 0.343 e. The molecule has 0 aliphatic carbocycles. The molecule has 0 saturated carbocycles. The Morgan fingerprint density at radius 3 is 2.59 bits per heavy atom. The lowest BCUT2D eigenvalue weighted by Gasteiger charge is -2.13. The van der Waals surface area contributed by atoms with E-state index < -0.39 is 36.2 Å². The van der Waals surface area contributed by atoms with Crippen molar-refractivity contribution in [3.05, 3.63) is 57.9 Å². The van der Waals surface area contributed by atoms with Gasteiger partial charge in [0.15, 0.2) is 18.1 Å². The van der Waals surface area contributed by atoms with Crippen LogP contribution in [0.25, 0.3) is 6.08 Å². The number of hydrogen-bond donors (Lipinski definition) is 2. The molecule has 178 valence electrons. The molecule has 2 aromatic rings. The third-order valence-electron chi connectivity index (χ3n) is 4.57. The number of nitrogens with zero attached hydrogens (tertiary/aromatic N) is 1. The smallest absolute Gasteiger partial charge is 0.343 e. The van der Waals surface area contributed by atoms with Gasteiger partial charge >= 0.3 is 12.0 Å². The van der Waals surface area contributed by atoms with E-state index >= 15 is 0 Å². The summed E-state index contributed by atoms with van der Waals surface area (Å²) in [6.45, 7) is -0.945. The number of benzene rings is 2. The Kier molecular flexibility index (Phi) is 7.84. The molecular formula is C22H19BrFN3O7. The summed E-state index contributed by atoms with van der Waals surface area (Å²) in [6.07, 6.45) is 1.38. The van der Waals surface area contributed by atoms with Gasteiger partial charge in [0.25, 0.3) is 5.91 Å². The number of imide groups is 1. The van der Waals surface area contributed by atoms with Gasteiger partial charge in [-0.1, -0.05) is 28.1 Å². The second-order valence-corrected chi connectivity index (χ2v) is 7.65. The summed E-state index contributed by atoms with van der Waals surface area (Å²) < 4.78 is 29.4. The quantitative estimate of drug-likeness (QED) is 0.302. The van der Waals surface area contributed by atoms with E-state index in [0.717, 1.165) is 0 Å². The summed E-state index contributed by atoms with van der Waals surface area (Å²) in [5.74, 6) is -2.21. The predicted molar refractivity (Wildman–Crippen MR) is 121 cm³/mol. The standard InChI is InChI=1S/C22H19BrFN3O7/c1-32-17-8-12(13(23)9-18(17)34-11-20(29)33-2)7-16-21(30)27(22(31)26-16)10-19(28)25-15-6-4-3-5-14(15)24/h3-9H,10-11H2,1-2H3,(H,25,28)(H,26,31)/b16-7+. The van der Waals surface area contributed by atoms with Crippen molar-refractivity contribution in [1.82, 2.24) is 10.2 Å². The van der Waals surface area contributed by atoms with E-state index in [2.05, 4.69) is 31.3 Å². The summed E-state index contributed by atoms with van der Waals surface area (Å²) in [5.41, 5.74) is 0.291. The topological polar surface area (TPSA) is 123 Å². The van der Waals surface area contributed by atoms with Gasteiger partial charge in [-0.2, -0.15) is 0 Å². The van der Waals surface area contributed by atoms with E-state index in [4.69, 9.17) is 9.47 Å². The van der Waals surface area contributed by atoms with E-state index in [1.165, 1.54) is 56.7 Å². The summed E-state index contributed by atoms with van der Waals surface area (Å²) in [6, 6.07) is 7.76. The minimum Gasteiger partial charge on any atom is -0.493 e. The molecule has 1 aliphatic rings. The number of carbonyl (C=O) groups is 4. The van der Waals surface area contributed by atoms with Crippen LogP contribution >= 0.6 is 15.9 Å². The highest BCUT2D eigenvalue weighted by Gasteiger charge is 2.35. The minimum absolute atomic E-state index is 0.0687. The first kappa shape index (κ1) is 24.7. The Morgan fingerprint density at radius 1 is 1.18 bits per heavy atom. The molecule has 2 aromatic carbocycles. The zero-order valence-electron chi connectivity index (χ0n) is 18.0. The van der Waals surface area contributed by atoms with E-state index in [1.807, 2.05) is 0 Å². The highest BCUT2D eigenvalue weighted by atomic mass is 79.9. The van der Waals surface area contributed by atoms with Crippen molar-refractivity contribution in [3.63, 3.8) is 0 Å². The zero-order chi connectivity index (χ0) is 24.8. The molecule has 0 spiro atoms. The fraction of sp³-hybridized carbons (Fsp3) is 0.182. The number of rotatable bonds is 8. The Labute approximate surface area is 201 Å². The third kappa shape index (κ3) is 5.70. The first-order valence-corrected chi connectivity index (χ1v) is 10.5. The summed E-state index contributed by atoms with van der Waals surface area (Å²) in [5, 5.41) is 4.72. The van der Waals surface area contributed by atoms with Crippen molar-refractivity contribution in [2.75, 3.05) is 32.7 Å². The Morgan fingerprint density at radius 2 is 1.91 bits per heavy atom. The monoisotopic (exact) mass is 535 g/mol. The Bertz CT molecular complexity index is 1190. The lowest BCUT2D eigenvalue weighted by molar-refractivity contribution is -0.143. The molecule has 34 heavy (non-hydrogen) atoms. The maximum atomic E-state index is 13.7. The number of halogens is 2. The number of nitrogens with one attached hydrogen (secondary N) is 2. The minimum atomic E-state index is -0.805. The molecule has 0 atom stereocenters. The number of amides is 4. The molecule has 1 fully saturated rings. The molecule has 10 nitrogen and oxygen atoms in total. The number of hydrogen-bond acceptors (Lipinski definition) is 7. The van der Waals surface area contributed by atoms with Crippen LogP contribution in [0.4, 0.5) is 14.9 Å². The number of esters is 1. The van der Waals surface area contributed by atoms with Crippen molar-refractivity contribution in [2.24, 2.45) is 0 Å². The number of anilines is 1. The zero-order valence-corrected chi connectivity index (χ0v) is 19.6. The highest BCUT2D eigenvalue weighted by molar-refractivity contribution is 9.10. The van der Waals surface area contributed by atoms with Crippen molar-refractivity contribution in [3.8, 4) is 11.5 Å². The first-order chi connectivity index (χ1) is 16.2. The van der Waals surface area contributed by atoms with Gasteiger partial charge in [-0.05, 0) is 35.9 Å². The third-order valence-corrected chi connectivity index (χ3v) is 5.25. The van der Waals surface area contributed by atoms with E-state index in [9.17, 15) is 23.6 Å². The van der Waals surface area contributed by atoms with Crippen molar-refractivity contribution < 1.29 is 37.8 Å². The molecule has 0 radical (unpaired) electrons. The molecule has 1 aliphatic heterocycles. The first-order valence-electron chi connectivity index (χ1n) is 9.69. The molecule has 0 unspecified atom stereocenters. The maximum absolute atomic E-state index is 13.7. The van der Waals surface area contributed by atoms with Crippen LogP contribution in [0.3, 0.4) is 0 Å². The van der Waals surface area contributed by atoms with Crippen LogP contribution in [0, 0.1) is 5.82 Å². The van der Waals surface area contributed by atoms with Crippen LogP contribution in [0.5, 0.6) is 11.5 Å². The molecule has 0 aromatic heterocycles. The molecule has 12 heteroatoms. The lowest BCUT2D eigenvalue weighted by atomic mass is 10.1. The van der Waals surface area contributed by atoms with Gasteiger partial charge in [-0.25, -0.2) is 18.9 Å². The molecule has 2 N–H and O–H groups in total. The fourth-order valence-corrected chi connectivity index (χ4v) is 3.33. The van der Waals surface area contributed by atoms with Crippen LogP contribution < -0.4 is 20.1 Å². The fourth-order valence-electron chi connectivity index (χ4n) is 2.90. The summed E-state index contributed by atoms with van der Waals surface area (Å²) in [7, 11) is 2.62. The summed E-state index contributed by atoms with van der Waals surface area (Å²) >= 11 is 3.34. The van der Waals surface area contributed by atoms with Gasteiger partial charge in [-0.3, -0.25) is 9.59 Å². The SMILES string of the molecule is COC(=O)COc1cc(Br)c(/C=C2/NC(=O)N(CC(=O)Nc3ccccc3F)C2=O)cc1OC. The number of methoxy groups -OCH3 is 2.